The van der Waals surface area contributed by atoms with Gasteiger partial charge in [-0.15, -0.1) is 0 Å². The molecule has 0 aromatic carbocycles. The molecule has 0 saturated carbocycles. The second-order valence-corrected chi connectivity index (χ2v) is 2.88. The summed E-state index contributed by atoms with van der Waals surface area (Å²) in [6.45, 7) is 3.12. The highest BCUT2D eigenvalue weighted by Crippen LogP contribution is 1.93. The number of Topliss-reactive ketones (excluding diaryl/α,β-unsaturated/α-hetero) is 1. The van der Waals surface area contributed by atoms with Gasteiger partial charge in [0.2, 0.25) is 0 Å². The maximum Gasteiger partial charge on any atom is 0.126 e. The standard InChI is InChI=1S/C4H9BrO2.C3H6O/c5-3-4(7)1-2-6;1-3(2)4/h4,6-7H,1-3H2;1-2H3. The van der Waals surface area contributed by atoms with Crippen LogP contribution in [-0.2, 0) is 4.79 Å². The molecule has 2 N–H and O–H groups in total. The number of carbonyl (C=O) groups is 1. The third-order valence-electron chi connectivity index (χ3n) is 0.640. The van der Waals surface area contributed by atoms with E-state index in [1.54, 1.807) is 0 Å². The van der Waals surface area contributed by atoms with Gasteiger partial charge in [0.05, 0.1) is 6.10 Å². The molecule has 0 aromatic rings. The third kappa shape index (κ3) is 25.5. The van der Waals surface area contributed by atoms with Crippen LogP contribution in [0.5, 0.6) is 0 Å². The molecule has 11 heavy (non-hydrogen) atoms. The molecule has 1 atom stereocenters. The molecule has 0 aromatic heterocycles. The fourth-order valence-electron chi connectivity index (χ4n) is 0.226. The summed E-state index contributed by atoms with van der Waals surface area (Å²) in [4.78, 5) is 9.44. The van der Waals surface area contributed by atoms with Gasteiger partial charge < -0.3 is 15.0 Å². The number of hydrogen-bond donors (Lipinski definition) is 2. The first kappa shape index (κ1) is 13.6. The molecule has 0 spiro atoms. The Balaban J connectivity index is 0. The largest absolute Gasteiger partial charge is 0.396 e. The van der Waals surface area contributed by atoms with Gasteiger partial charge in [-0.1, -0.05) is 15.9 Å². The highest BCUT2D eigenvalue weighted by Gasteiger charge is 1.96. The summed E-state index contributed by atoms with van der Waals surface area (Å²) < 4.78 is 0. The minimum absolute atomic E-state index is 0.0623. The average Bonchev–Trinajstić information content (AvgIpc) is 1.87. The fourth-order valence-corrected chi connectivity index (χ4v) is 0.550. The maximum atomic E-state index is 9.44. The molecule has 0 rings (SSSR count). The molecule has 0 heterocycles. The van der Waals surface area contributed by atoms with Crippen molar-refractivity contribution in [1.82, 2.24) is 0 Å². The topological polar surface area (TPSA) is 57.5 Å². The normalized spacial score (nSPS) is 11.4. The van der Waals surface area contributed by atoms with Crippen molar-refractivity contribution in [2.24, 2.45) is 0 Å². The van der Waals surface area contributed by atoms with E-state index in [1.165, 1.54) is 13.8 Å². The van der Waals surface area contributed by atoms with E-state index in [-0.39, 0.29) is 18.5 Å². The van der Waals surface area contributed by atoms with Crippen molar-refractivity contribution in [3.05, 3.63) is 0 Å². The Morgan fingerprint density at radius 1 is 1.55 bits per heavy atom. The smallest absolute Gasteiger partial charge is 0.126 e. The molecule has 0 bridgehead atoms. The van der Waals surface area contributed by atoms with Gasteiger partial charge in [0.25, 0.3) is 0 Å². The van der Waals surface area contributed by atoms with E-state index in [9.17, 15) is 4.79 Å². The van der Waals surface area contributed by atoms with Crippen molar-refractivity contribution in [3.63, 3.8) is 0 Å². The molecule has 0 aliphatic carbocycles. The lowest BCUT2D eigenvalue weighted by Gasteiger charge is -2.00. The van der Waals surface area contributed by atoms with Gasteiger partial charge >= 0.3 is 0 Å². The summed E-state index contributed by atoms with van der Waals surface area (Å²) in [7, 11) is 0. The Labute approximate surface area is 75.6 Å². The summed E-state index contributed by atoms with van der Waals surface area (Å²) in [5.74, 6) is 0.167. The number of hydrogen-bond acceptors (Lipinski definition) is 3. The van der Waals surface area contributed by atoms with E-state index in [0.29, 0.717) is 11.8 Å². The molecule has 0 amide bonds. The van der Waals surface area contributed by atoms with Crippen LogP contribution in [0.3, 0.4) is 0 Å². The van der Waals surface area contributed by atoms with Crippen molar-refractivity contribution >= 4 is 21.7 Å². The predicted molar refractivity (Wildman–Crippen MR) is 47.9 cm³/mol. The molecule has 0 aliphatic rings. The van der Waals surface area contributed by atoms with Crippen LogP contribution in [0, 0.1) is 0 Å². The quantitative estimate of drug-likeness (QED) is 0.698. The van der Waals surface area contributed by atoms with Crippen LogP contribution >= 0.6 is 15.9 Å². The van der Waals surface area contributed by atoms with Crippen molar-refractivity contribution in [2.75, 3.05) is 11.9 Å². The summed E-state index contributed by atoms with van der Waals surface area (Å²) in [5, 5.41) is 17.4. The molecular formula is C7H15BrO3. The Morgan fingerprint density at radius 2 is 1.91 bits per heavy atom. The number of aliphatic hydroxyl groups is 2. The van der Waals surface area contributed by atoms with Gasteiger partial charge in [-0.3, -0.25) is 0 Å². The maximum absolute atomic E-state index is 9.44. The number of carbonyl (C=O) groups excluding carboxylic acids is 1. The van der Waals surface area contributed by atoms with Crippen LogP contribution in [0.4, 0.5) is 0 Å². The lowest BCUT2D eigenvalue weighted by molar-refractivity contribution is -0.114. The SMILES string of the molecule is CC(C)=O.OCCC(O)CBr. The minimum atomic E-state index is -0.384. The van der Waals surface area contributed by atoms with E-state index in [4.69, 9.17) is 10.2 Å². The fraction of sp³-hybridized carbons (Fsp3) is 0.857. The van der Waals surface area contributed by atoms with Crippen molar-refractivity contribution in [3.8, 4) is 0 Å². The van der Waals surface area contributed by atoms with Gasteiger partial charge in [-0.25, -0.2) is 0 Å². The Kier molecular flexibility index (Phi) is 12.5. The van der Waals surface area contributed by atoms with E-state index in [2.05, 4.69) is 15.9 Å². The molecular weight excluding hydrogens is 212 g/mol. The first-order valence-corrected chi connectivity index (χ1v) is 4.48. The zero-order chi connectivity index (χ0) is 9.28. The van der Waals surface area contributed by atoms with Crippen molar-refractivity contribution < 1.29 is 15.0 Å². The lowest BCUT2D eigenvalue weighted by atomic mass is 10.3. The van der Waals surface area contributed by atoms with Gasteiger partial charge in [0, 0.05) is 11.9 Å². The van der Waals surface area contributed by atoms with Gasteiger partial charge in [0.15, 0.2) is 0 Å². The van der Waals surface area contributed by atoms with Gasteiger partial charge in [0.1, 0.15) is 5.78 Å². The second-order valence-electron chi connectivity index (χ2n) is 2.23. The van der Waals surface area contributed by atoms with Crippen molar-refractivity contribution in [1.29, 1.82) is 0 Å². The van der Waals surface area contributed by atoms with Crippen LogP contribution < -0.4 is 0 Å². The highest BCUT2D eigenvalue weighted by molar-refractivity contribution is 9.09. The average molecular weight is 227 g/mol. The van der Waals surface area contributed by atoms with Crippen LogP contribution in [0.15, 0.2) is 0 Å². The Morgan fingerprint density at radius 3 is 2.00 bits per heavy atom. The van der Waals surface area contributed by atoms with Crippen LogP contribution in [0.1, 0.15) is 20.3 Å². The van der Waals surface area contributed by atoms with E-state index in [0.717, 1.165) is 0 Å². The van der Waals surface area contributed by atoms with Gasteiger partial charge in [-0.2, -0.15) is 0 Å². The van der Waals surface area contributed by atoms with E-state index in [1.807, 2.05) is 0 Å². The number of ketones is 1. The first-order chi connectivity index (χ1) is 5.04. The molecule has 0 saturated heterocycles. The minimum Gasteiger partial charge on any atom is -0.396 e. The summed E-state index contributed by atoms with van der Waals surface area (Å²) >= 11 is 3.05. The van der Waals surface area contributed by atoms with Crippen LogP contribution in [0.2, 0.25) is 0 Å². The molecule has 0 fully saturated rings. The van der Waals surface area contributed by atoms with E-state index >= 15 is 0 Å². The Hall–Kier alpha value is 0.0700. The number of rotatable bonds is 3. The molecule has 1 unspecified atom stereocenters. The first-order valence-electron chi connectivity index (χ1n) is 3.36. The Bertz CT molecular complexity index is 91.7. The highest BCUT2D eigenvalue weighted by atomic mass is 79.9. The molecule has 3 nitrogen and oxygen atoms in total. The van der Waals surface area contributed by atoms with Gasteiger partial charge in [-0.05, 0) is 20.3 Å². The summed E-state index contributed by atoms with van der Waals surface area (Å²) in [6, 6.07) is 0. The zero-order valence-corrected chi connectivity index (χ0v) is 8.47. The van der Waals surface area contributed by atoms with Crippen molar-refractivity contribution in [2.45, 2.75) is 26.4 Å². The lowest BCUT2D eigenvalue weighted by Crippen LogP contribution is -2.09. The zero-order valence-electron chi connectivity index (χ0n) is 6.88. The summed E-state index contributed by atoms with van der Waals surface area (Å²) in [6.07, 6.45) is 0.0793. The second kappa shape index (κ2) is 10.1. The molecule has 68 valence electrons. The summed E-state index contributed by atoms with van der Waals surface area (Å²) in [5.41, 5.74) is 0. The molecule has 4 heteroatoms. The van der Waals surface area contributed by atoms with Crippen LogP contribution in [-0.4, -0.2) is 34.0 Å². The third-order valence-corrected chi connectivity index (χ3v) is 1.39. The van der Waals surface area contributed by atoms with Crippen LogP contribution in [0.25, 0.3) is 0 Å². The number of aliphatic hydroxyl groups excluding tert-OH is 2. The van der Waals surface area contributed by atoms with E-state index < -0.39 is 0 Å². The molecule has 0 aliphatic heterocycles. The monoisotopic (exact) mass is 226 g/mol. The molecule has 0 radical (unpaired) electrons. The number of halogens is 1. The predicted octanol–water partition coefficient (Wildman–Crippen LogP) is 0.720. The number of alkyl halides is 1.